The van der Waals surface area contributed by atoms with Crippen LogP contribution in [0.15, 0.2) is 30.3 Å². The van der Waals surface area contributed by atoms with E-state index < -0.39 is 0 Å². The van der Waals surface area contributed by atoms with Crippen molar-refractivity contribution in [3.05, 3.63) is 35.9 Å². The molecule has 1 rings (SSSR count). The first kappa shape index (κ1) is 15.5. The molecule has 0 heterocycles. The number of likely N-dealkylation sites (N-methyl/N-ethyl adjacent to an activating group) is 2. The summed E-state index contributed by atoms with van der Waals surface area (Å²) in [5.74, 6) is 1.23. The minimum Gasteiger partial charge on any atom is -0.318 e. The fraction of sp³-hybridized carbons (Fsp3) is 0.600. The highest BCUT2D eigenvalue weighted by Gasteiger charge is 2.20. The van der Waals surface area contributed by atoms with Gasteiger partial charge in [-0.3, -0.25) is 4.90 Å². The largest absolute Gasteiger partial charge is 0.318 e. The van der Waals surface area contributed by atoms with Crippen LogP contribution in [-0.2, 0) is 0 Å². The van der Waals surface area contributed by atoms with Gasteiger partial charge in [0.25, 0.3) is 0 Å². The molecule has 0 amide bonds. The van der Waals surface area contributed by atoms with E-state index in [1.54, 1.807) is 0 Å². The summed E-state index contributed by atoms with van der Waals surface area (Å²) in [5, 5.41) is 3.31. The third-order valence-corrected chi connectivity index (χ3v) is 4.15. The predicted octanol–water partition coefficient (Wildman–Crippen LogP) is 3.02. The fourth-order valence-electron chi connectivity index (χ4n) is 2.16. The van der Waals surface area contributed by atoms with Gasteiger partial charge < -0.3 is 5.32 Å². The standard InChI is InChI=1S/C15H26N2S/c1-13(10-11-18-4)17(3)15(12-16-2)14-8-6-5-7-9-14/h5-9,13,15-16H,10-12H2,1-4H3. The van der Waals surface area contributed by atoms with Crippen molar-refractivity contribution in [3.63, 3.8) is 0 Å². The summed E-state index contributed by atoms with van der Waals surface area (Å²) in [6.45, 7) is 3.31. The number of hydrogen-bond acceptors (Lipinski definition) is 3. The first-order valence-electron chi connectivity index (χ1n) is 6.61. The van der Waals surface area contributed by atoms with Gasteiger partial charge in [0.2, 0.25) is 0 Å². The van der Waals surface area contributed by atoms with Gasteiger partial charge in [0.05, 0.1) is 0 Å². The van der Waals surface area contributed by atoms with Crippen LogP contribution in [-0.4, -0.2) is 43.6 Å². The Morgan fingerprint density at radius 1 is 1.28 bits per heavy atom. The van der Waals surface area contributed by atoms with Crippen LogP contribution in [0.4, 0.5) is 0 Å². The van der Waals surface area contributed by atoms with Gasteiger partial charge in [0.15, 0.2) is 0 Å². The van der Waals surface area contributed by atoms with E-state index >= 15 is 0 Å². The molecule has 2 nitrogen and oxygen atoms in total. The van der Waals surface area contributed by atoms with Gasteiger partial charge >= 0.3 is 0 Å². The molecule has 2 atom stereocenters. The Bertz CT molecular complexity index is 316. The zero-order valence-corrected chi connectivity index (χ0v) is 12.8. The fourth-order valence-corrected chi connectivity index (χ4v) is 2.74. The highest BCUT2D eigenvalue weighted by atomic mass is 32.2. The molecule has 0 aromatic heterocycles. The lowest BCUT2D eigenvalue weighted by atomic mass is 10.0. The van der Waals surface area contributed by atoms with E-state index in [9.17, 15) is 0 Å². The molecule has 0 aliphatic carbocycles. The van der Waals surface area contributed by atoms with Crippen molar-refractivity contribution < 1.29 is 0 Å². The molecule has 0 bridgehead atoms. The minimum absolute atomic E-state index is 0.452. The summed E-state index contributed by atoms with van der Waals surface area (Å²) in [6.07, 6.45) is 3.42. The maximum absolute atomic E-state index is 3.31. The van der Waals surface area contributed by atoms with Gasteiger partial charge in [-0.25, -0.2) is 0 Å². The Kier molecular flexibility index (Phi) is 7.40. The summed E-state index contributed by atoms with van der Waals surface area (Å²) < 4.78 is 0. The average Bonchev–Trinajstić information content (AvgIpc) is 2.42. The van der Waals surface area contributed by atoms with Crippen molar-refractivity contribution in [1.29, 1.82) is 0 Å². The van der Waals surface area contributed by atoms with E-state index in [0.29, 0.717) is 12.1 Å². The normalized spacial score (nSPS) is 14.7. The second-order valence-electron chi connectivity index (χ2n) is 4.78. The van der Waals surface area contributed by atoms with E-state index in [2.05, 4.69) is 60.8 Å². The zero-order valence-electron chi connectivity index (χ0n) is 12.0. The lowest BCUT2D eigenvalue weighted by Crippen LogP contribution is -2.38. The molecule has 0 aliphatic rings. The van der Waals surface area contributed by atoms with E-state index in [1.807, 2.05) is 18.8 Å². The first-order chi connectivity index (χ1) is 8.70. The molecule has 1 N–H and O–H groups in total. The summed E-state index contributed by atoms with van der Waals surface area (Å²) in [6, 6.07) is 11.8. The highest BCUT2D eigenvalue weighted by Crippen LogP contribution is 2.22. The lowest BCUT2D eigenvalue weighted by Gasteiger charge is -2.33. The van der Waals surface area contributed by atoms with Crippen molar-refractivity contribution in [2.24, 2.45) is 0 Å². The van der Waals surface area contributed by atoms with Crippen molar-refractivity contribution >= 4 is 11.8 Å². The van der Waals surface area contributed by atoms with Gasteiger partial charge in [0, 0.05) is 18.6 Å². The summed E-state index contributed by atoms with van der Waals surface area (Å²) >= 11 is 1.93. The van der Waals surface area contributed by atoms with Crippen LogP contribution in [0, 0.1) is 0 Å². The monoisotopic (exact) mass is 266 g/mol. The number of nitrogens with zero attached hydrogens (tertiary/aromatic N) is 1. The molecule has 0 aliphatic heterocycles. The molecule has 0 radical (unpaired) electrons. The van der Waals surface area contributed by atoms with E-state index in [0.717, 1.165) is 6.54 Å². The summed E-state index contributed by atoms with van der Waals surface area (Å²) in [4.78, 5) is 2.49. The molecule has 1 aromatic carbocycles. The molecule has 18 heavy (non-hydrogen) atoms. The second-order valence-corrected chi connectivity index (χ2v) is 5.77. The molecule has 0 spiro atoms. The van der Waals surface area contributed by atoms with Crippen LogP contribution in [0.1, 0.15) is 24.9 Å². The Labute approximate surface area is 116 Å². The van der Waals surface area contributed by atoms with Gasteiger partial charge in [-0.05, 0) is 45.0 Å². The van der Waals surface area contributed by atoms with Crippen LogP contribution in [0.2, 0.25) is 0 Å². The van der Waals surface area contributed by atoms with E-state index in [4.69, 9.17) is 0 Å². The van der Waals surface area contributed by atoms with Gasteiger partial charge in [-0.1, -0.05) is 30.3 Å². The topological polar surface area (TPSA) is 15.3 Å². The van der Waals surface area contributed by atoms with Crippen molar-refractivity contribution in [1.82, 2.24) is 10.2 Å². The average molecular weight is 266 g/mol. The lowest BCUT2D eigenvalue weighted by molar-refractivity contribution is 0.179. The Morgan fingerprint density at radius 2 is 1.94 bits per heavy atom. The van der Waals surface area contributed by atoms with Crippen molar-refractivity contribution in [3.8, 4) is 0 Å². The van der Waals surface area contributed by atoms with Crippen LogP contribution >= 0.6 is 11.8 Å². The zero-order chi connectivity index (χ0) is 13.4. The minimum atomic E-state index is 0.452. The molecular formula is C15H26N2S. The van der Waals surface area contributed by atoms with Gasteiger partial charge in [-0.15, -0.1) is 0 Å². The van der Waals surface area contributed by atoms with Crippen LogP contribution in [0.5, 0.6) is 0 Å². The van der Waals surface area contributed by atoms with Crippen molar-refractivity contribution in [2.75, 3.05) is 32.6 Å². The number of benzene rings is 1. The third-order valence-electron chi connectivity index (χ3n) is 3.51. The molecule has 0 fully saturated rings. The third kappa shape index (κ3) is 4.63. The SMILES string of the molecule is CNCC(c1ccccc1)N(C)C(C)CCSC. The Hall–Kier alpha value is -0.510. The van der Waals surface area contributed by atoms with Crippen molar-refractivity contribution in [2.45, 2.75) is 25.4 Å². The summed E-state index contributed by atoms with van der Waals surface area (Å²) in [5.41, 5.74) is 1.39. The van der Waals surface area contributed by atoms with Gasteiger partial charge in [0.1, 0.15) is 0 Å². The quantitative estimate of drug-likeness (QED) is 0.778. The van der Waals surface area contributed by atoms with Gasteiger partial charge in [-0.2, -0.15) is 11.8 Å². The van der Waals surface area contributed by atoms with Crippen LogP contribution < -0.4 is 5.32 Å². The molecule has 1 aromatic rings. The molecular weight excluding hydrogens is 240 g/mol. The Morgan fingerprint density at radius 3 is 2.50 bits per heavy atom. The highest BCUT2D eigenvalue weighted by molar-refractivity contribution is 7.98. The molecule has 0 saturated carbocycles. The smallest absolute Gasteiger partial charge is 0.0472 e. The van der Waals surface area contributed by atoms with Crippen LogP contribution in [0.25, 0.3) is 0 Å². The van der Waals surface area contributed by atoms with E-state index in [1.165, 1.54) is 17.7 Å². The maximum Gasteiger partial charge on any atom is 0.0472 e. The first-order valence-corrected chi connectivity index (χ1v) is 8.00. The maximum atomic E-state index is 3.31. The second kappa shape index (κ2) is 8.57. The predicted molar refractivity (Wildman–Crippen MR) is 83.3 cm³/mol. The van der Waals surface area contributed by atoms with E-state index in [-0.39, 0.29) is 0 Å². The molecule has 102 valence electrons. The molecule has 2 unspecified atom stereocenters. The molecule has 3 heteroatoms. The van der Waals surface area contributed by atoms with Crippen LogP contribution in [0.3, 0.4) is 0 Å². The number of nitrogens with one attached hydrogen (secondary N) is 1. The number of hydrogen-bond donors (Lipinski definition) is 1. The summed E-state index contributed by atoms with van der Waals surface area (Å²) in [7, 11) is 4.26. The Balaban J connectivity index is 2.72. The number of rotatable bonds is 8. The molecule has 0 saturated heterocycles. The number of thioether (sulfide) groups is 1.